The van der Waals surface area contributed by atoms with Crippen molar-refractivity contribution in [1.29, 1.82) is 0 Å². The number of amides is 1. The Kier molecular flexibility index (Phi) is 5.37. The Morgan fingerprint density at radius 3 is 2.67 bits per heavy atom. The molecule has 1 N–H and O–H groups in total. The molecule has 1 amide bonds. The maximum Gasteiger partial charge on any atom is 0.254 e. The largest absolute Gasteiger partial charge is 0.349 e. The van der Waals surface area contributed by atoms with Crippen LogP contribution in [0.4, 0.5) is 0 Å². The fourth-order valence-corrected chi connectivity index (χ4v) is 3.13. The zero-order chi connectivity index (χ0) is 15.4. The Morgan fingerprint density at radius 1 is 1.33 bits per heavy atom. The van der Waals surface area contributed by atoms with Gasteiger partial charge in [-0.1, -0.05) is 25.4 Å². The monoisotopic (exact) mass is 322 g/mol. The van der Waals surface area contributed by atoms with Crippen LogP contribution >= 0.6 is 22.9 Å². The first-order valence-electron chi connectivity index (χ1n) is 6.97. The normalized spacial score (nSPS) is 12.4. The Labute approximate surface area is 134 Å². The third-order valence-electron chi connectivity index (χ3n) is 3.11. The summed E-state index contributed by atoms with van der Waals surface area (Å²) in [7, 11) is 0. The maximum absolute atomic E-state index is 12.2. The summed E-state index contributed by atoms with van der Waals surface area (Å²) in [4.78, 5) is 16.5. The van der Waals surface area contributed by atoms with Gasteiger partial charge in [-0.25, -0.2) is 4.98 Å². The van der Waals surface area contributed by atoms with Crippen molar-refractivity contribution in [3.63, 3.8) is 0 Å². The molecule has 0 aliphatic heterocycles. The van der Waals surface area contributed by atoms with E-state index in [9.17, 15) is 4.79 Å². The van der Waals surface area contributed by atoms with Crippen LogP contribution in [-0.2, 0) is 0 Å². The first-order chi connectivity index (χ1) is 9.97. The summed E-state index contributed by atoms with van der Waals surface area (Å²) >= 11 is 7.76. The highest BCUT2D eigenvalue weighted by molar-refractivity contribution is 7.08. The molecule has 0 saturated heterocycles. The number of halogens is 1. The van der Waals surface area contributed by atoms with E-state index in [0.29, 0.717) is 11.5 Å². The minimum absolute atomic E-state index is 0.116. The highest BCUT2D eigenvalue weighted by atomic mass is 35.5. The fourth-order valence-electron chi connectivity index (χ4n) is 2.24. The lowest BCUT2D eigenvalue weighted by atomic mass is 10.0. The first-order valence-corrected chi connectivity index (χ1v) is 8.29. The van der Waals surface area contributed by atoms with Crippen LogP contribution in [0.1, 0.15) is 37.6 Å². The molecule has 2 rings (SSSR count). The van der Waals surface area contributed by atoms with Crippen molar-refractivity contribution in [2.24, 2.45) is 5.92 Å². The molecule has 0 aliphatic carbocycles. The van der Waals surface area contributed by atoms with E-state index < -0.39 is 0 Å². The predicted molar refractivity (Wildman–Crippen MR) is 88.9 cm³/mol. The number of rotatable bonds is 5. The Morgan fingerprint density at radius 2 is 2.10 bits per heavy atom. The van der Waals surface area contributed by atoms with E-state index in [2.05, 4.69) is 24.1 Å². The second kappa shape index (κ2) is 7.05. The van der Waals surface area contributed by atoms with Gasteiger partial charge in [-0.3, -0.25) is 4.79 Å². The predicted octanol–water partition coefficient (Wildman–Crippen LogP) is 4.63. The second-order valence-corrected chi connectivity index (χ2v) is 6.69. The zero-order valence-electron chi connectivity index (χ0n) is 12.4. The summed E-state index contributed by atoms with van der Waals surface area (Å²) in [6.45, 7) is 6.26. The quantitative estimate of drug-likeness (QED) is 0.815. The molecule has 2 aromatic rings. The van der Waals surface area contributed by atoms with Gasteiger partial charge in [0.2, 0.25) is 0 Å². The minimum Gasteiger partial charge on any atom is -0.349 e. The molecule has 21 heavy (non-hydrogen) atoms. The van der Waals surface area contributed by atoms with Crippen molar-refractivity contribution in [3.8, 4) is 11.3 Å². The van der Waals surface area contributed by atoms with Gasteiger partial charge in [0.1, 0.15) is 5.15 Å². The molecular weight excluding hydrogens is 304 g/mol. The lowest BCUT2D eigenvalue weighted by molar-refractivity contribution is 0.0936. The smallest absolute Gasteiger partial charge is 0.254 e. The van der Waals surface area contributed by atoms with Gasteiger partial charge >= 0.3 is 0 Å². The van der Waals surface area contributed by atoms with Gasteiger partial charge < -0.3 is 5.32 Å². The maximum atomic E-state index is 12.2. The first kappa shape index (κ1) is 16.0. The van der Waals surface area contributed by atoms with Crippen LogP contribution in [0.3, 0.4) is 0 Å². The molecule has 0 radical (unpaired) electrons. The van der Waals surface area contributed by atoms with E-state index in [4.69, 9.17) is 11.6 Å². The Balaban J connectivity index is 2.12. The highest BCUT2D eigenvalue weighted by Crippen LogP contribution is 2.23. The molecule has 112 valence electrons. The number of nitrogens with zero attached hydrogens (tertiary/aromatic N) is 1. The van der Waals surface area contributed by atoms with Crippen LogP contribution in [0.15, 0.2) is 29.0 Å². The molecule has 0 aromatic carbocycles. The number of aromatic nitrogens is 1. The number of nitrogens with one attached hydrogen (secondary N) is 1. The van der Waals surface area contributed by atoms with Crippen LogP contribution in [0.2, 0.25) is 5.15 Å². The molecular formula is C16H19ClN2OS. The summed E-state index contributed by atoms with van der Waals surface area (Å²) in [5, 5.41) is 7.19. The Hall–Kier alpha value is -1.39. The molecule has 1 atom stereocenters. The summed E-state index contributed by atoms with van der Waals surface area (Å²) < 4.78 is 0. The number of hydrogen-bond donors (Lipinski definition) is 1. The molecule has 5 heteroatoms. The van der Waals surface area contributed by atoms with E-state index >= 15 is 0 Å². The molecule has 2 aromatic heterocycles. The molecule has 0 aliphatic rings. The van der Waals surface area contributed by atoms with Crippen LogP contribution < -0.4 is 5.32 Å². The average molecular weight is 323 g/mol. The molecule has 3 nitrogen and oxygen atoms in total. The van der Waals surface area contributed by atoms with Crippen molar-refractivity contribution in [3.05, 3.63) is 39.7 Å². The van der Waals surface area contributed by atoms with Gasteiger partial charge in [-0.2, -0.15) is 11.3 Å². The van der Waals surface area contributed by atoms with Crippen LogP contribution in [0, 0.1) is 5.92 Å². The summed E-state index contributed by atoms with van der Waals surface area (Å²) in [5.41, 5.74) is 2.22. The summed E-state index contributed by atoms with van der Waals surface area (Å²) in [5.74, 6) is 0.368. The minimum atomic E-state index is -0.169. The highest BCUT2D eigenvalue weighted by Gasteiger charge is 2.15. The van der Waals surface area contributed by atoms with Crippen LogP contribution in [0.25, 0.3) is 11.3 Å². The van der Waals surface area contributed by atoms with Gasteiger partial charge in [0.15, 0.2) is 0 Å². The topological polar surface area (TPSA) is 42.0 Å². The van der Waals surface area contributed by atoms with Gasteiger partial charge in [-0.15, -0.1) is 0 Å². The van der Waals surface area contributed by atoms with Crippen molar-refractivity contribution in [2.75, 3.05) is 0 Å². The van der Waals surface area contributed by atoms with Gasteiger partial charge in [0, 0.05) is 17.0 Å². The van der Waals surface area contributed by atoms with Crippen LogP contribution in [0.5, 0.6) is 0 Å². The van der Waals surface area contributed by atoms with Gasteiger partial charge in [-0.05, 0) is 42.8 Å². The molecule has 0 bridgehead atoms. The van der Waals surface area contributed by atoms with E-state index in [1.165, 1.54) is 0 Å². The molecule has 0 spiro atoms. The zero-order valence-corrected chi connectivity index (χ0v) is 14.0. The summed E-state index contributed by atoms with van der Waals surface area (Å²) in [6, 6.07) is 5.66. The van der Waals surface area contributed by atoms with Gasteiger partial charge in [0.05, 0.1) is 11.3 Å². The standard InChI is InChI=1S/C16H19ClN2OS/c1-10(2)8-11(3)18-16(20)13-4-5-14(19-15(13)17)12-6-7-21-9-12/h4-7,9-11H,8H2,1-3H3,(H,18,20). The number of hydrogen-bond acceptors (Lipinski definition) is 3. The lowest BCUT2D eigenvalue weighted by Crippen LogP contribution is -2.33. The van der Waals surface area contributed by atoms with E-state index in [0.717, 1.165) is 17.7 Å². The van der Waals surface area contributed by atoms with Crippen molar-refractivity contribution in [1.82, 2.24) is 10.3 Å². The molecule has 1 unspecified atom stereocenters. The van der Waals surface area contributed by atoms with Crippen molar-refractivity contribution >= 4 is 28.8 Å². The average Bonchev–Trinajstić information content (AvgIpc) is 2.90. The fraction of sp³-hybridized carbons (Fsp3) is 0.375. The molecule has 0 saturated carbocycles. The van der Waals surface area contributed by atoms with E-state index in [1.807, 2.05) is 29.8 Å². The number of carbonyl (C=O) groups excluding carboxylic acids is 1. The molecule has 0 fully saturated rings. The van der Waals surface area contributed by atoms with E-state index in [1.54, 1.807) is 17.4 Å². The van der Waals surface area contributed by atoms with Gasteiger partial charge in [0.25, 0.3) is 5.91 Å². The summed E-state index contributed by atoms with van der Waals surface area (Å²) in [6.07, 6.45) is 0.934. The van der Waals surface area contributed by atoms with Crippen LogP contribution in [-0.4, -0.2) is 16.9 Å². The Bertz CT molecular complexity index is 611. The number of pyridine rings is 1. The lowest BCUT2D eigenvalue weighted by Gasteiger charge is -2.16. The third-order valence-corrected chi connectivity index (χ3v) is 4.08. The van der Waals surface area contributed by atoms with E-state index in [-0.39, 0.29) is 17.1 Å². The SMILES string of the molecule is CC(C)CC(C)NC(=O)c1ccc(-c2ccsc2)nc1Cl. The molecule has 2 heterocycles. The second-order valence-electron chi connectivity index (χ2n) is 5.55. The third kappa shape index (κ3) is 4.29. The van der Waals surface area contributed by atoms with Crippen molar-refractivity contribution < 1.29 is 4.79 Å². The number of carbonyl (C=O) groups is 1. The number of thiophene rings is 1. The van der Waals surface area contributed by atoms with Crippen molar-refractivity contribution in [2.45, 2.75) is 33.2 Å².